The Hall–Kier alpha value is -0.890. The molecule has 1 aliphatic heterocycles. The van der Waals surface area contributed by atoms with Crippen molar-refractivity contribution in [2.75, 3.05) is 40.1 Å². The van der Waals surface area contributed by atoms with E-state index >= 15 is 0 Å². The molecule has 7 heteroatoms. The highest BCUT2D eigenvalue weighted by atomic mass is 16.6. The van der Waals surface area contributed by atoms with Crippen LogP contribution in [-0.4, -0.2) is 58.2 Å². The van der Waals surface area contributed by atoms with E-state index in [0.717, 1.165) is 0 Å². The molecule has 0 amide bonds. The third-order valence-electron chi connectivity index (χ3n) is 2.27. The Morgan fingerprint density at radius 3 is 3.00 bits per heavy atom. The molecule has 0 aliphatic carbocycles. The van der Waals surface area contributed by atoms with Crippen molar-refractivity contribution in [3.8, 4) is 0 Å². The highest BCUT2D eigenvalue weighted by Crippen LogP contribution is 2.00. The second-order valence-electron chi connectivity index (χ2n) is 3.90. The van der Waals surface area contributed by atoms with Gasteiger partial charge in [-0.3, -0.25) is 5.43 Å². The van der Waals surface area contributed by atoms with Crippen molar-refractivity contribution >= 4 is 5.96 Å². The molecule has 0 aromatic rings. The number of hydrogen-bond donors (Lipinski definition) is 3. The largest absolute Gasteiger partial charge is 0.383 e. The SMILES string of the molecule is COCC(C)NC(=NCC1COCCO1)NN. The normalized spacial score (nSPS) is 23.2. The number of hydrogen-bond acceptors (Lipinski definition) is 5. The van der Waals surface area contributed by atoms with Gasteiger partial charge in [-0.15, -0.1) is 0 Å². The molecule has 100 valence electrons. The fourth-order valence-electron chi connectivity index (χ4n) is 1.49. The van der Waals surface area contributed by atoms with E-state index in [4.69, 9.17) is 20.1 Å². The van der Waals surface area contributed by atoms with Gasteiger partial charge in [-0.05, 0) is 6.92 Å². The molecule has 0 aromatic carbocycles. The Labute approximate surface area is 102 Å². The van der Waals surface area contributed by atoms with Gasteiger partial charge in [-0.1, -0.05) is 0 Å². The summed E-state index contributed by atoms with van der Waals surface area (Å²) >= 11 is 0. The van der Waals surface area contributed by atoms with Crippen LogP contribution in [0.3, 0.4) is 0 Å². The van der Waals surface area contributed by atoms with Crippen LogP contribution in [0.15, 0.2) is 4.99 Å². The predicted molar refractivity (Wildman–Crippen MR) is 64.7 cm³/mol. The van der Waals surface area contributed by atoms with Gasteiger partial charge in [0.25, 0.3) is 0 Å². The first-order chi connectivity index (χ1) is 8.26. The molecule has 1 aliphatic rings. The minimum atomic E-state index is 0.00614. The minimum absolute atomic E-state index is 0.00614. The Morgan fingerprint density at radius 2 is 2.41 bits per heavy atom. The first-order valence-electron chi connectivity index (χ1n) is 5.72. The zero-order chi connectivity index (χ0) is 12.5. The van der Waals surface area contributed by atoms with E-state index in [2.05, 4.69) is 15.7 Å². The summed E-state index contributed by atoms with van der Waals surface area (Å²) < 4.78 is 15.8. The fraction of sp³-hybridized carbons (Fsp3) is 0.900. The van der Waals surface area contributed by atoms with Crippen molar-refractivity contribution in [2.45, 2.75) is 19.1 Å². The van der Waals surface area contributed by atoms with Gasteiger partial charge < -0.3 is 19.5 Å². The van der Waals surface area contributed by atoms with E-state index in [1.807, 2.05) is 6.92 Å². The summed E-state index contributed by atoms with van der Waals surface area (Å²) in [5, 5.41) is 3.10. The van der Waals surface area contributed by atoms with Crippen LogP contribution >= 0.6 is 0 Å². The molecule has 0 saturated carbocycles. The molecule has 4 N–H and O–H groups in total. The van der Waals surface area contributed by atoms with Gasteiger partial charge in [0.15, 0.2) is 0 Å². The molecular weight excluding hydrogens is 224 g/mol. The maximum atomic E-state index is 5.47. The topological polar surface area (TPSA) is 90.1 Å². The first-order valence-corrected chi connectivity index (χ1v) is 5.72. The van der Waals surface area contributed by atoms with E-state index < -0.39 is 0 Å². The summed E-state index contributed by atoms with van der Waals surface area (Å²) in [6.45, 7) is 4.95. The highest BCUT2D eigenvalue weighted by Gasteiger charge is 2.14. The summed E-state index contributed by atoms with van der Waals surface area (Å²) in [5.41, 5.74) is 2.52. The summed E-state index contributed by atoms with van der Waals surface area (Å²) in [6.07, 6.45) is 0.00614. The number of methoxy groups -OCH3 is 1. The number of guanidine groups is 1. The molecule has 2 unspecified atom stereocenters. The van der Waals surface area contributed by atoms with Crippen LogP contribution in [0.25, 0.3) is 0 Å². The van der Waals surface area contributed by atoms with Crippen LogP contribution < -0.4 is 16.6 Å². The second kappa shape index (κ2) is 8.24. The lowest BCUT2D eigenvalue weighted by molar-refractivity contribution is -0.0833. The van der Waals surface area contributed by atoms with E-state index in [9.17, 15) is 0 Å². The van der Waals surface area contributed by atoms with Crippen LogP contribution in [-0.2, 0) is 14.2 Å². The zero-order valence-electron chi connectivity index (χ0n) is 10.4. The molecule has 0 spiro atoms. The number of nitrogens with zero attached hydrogens (tertiary/aromatic N) is 1. The Morgan fingerprint density at radius 1 is 1.59 bits per heavy atom. The summed E-state index contributed by atoms with van der Waals surface area (Å²) in [7, 11) is 1.65. The van der Waals surface area contributed by atoms with Gasteiger partial charge in [0, 0.05) is 13.2 Å². The van der Waals surface area contributed by atoms with Gasteiger partial charge in [-0.2, -0.15) is 0 Å². The van der Waals surface area contributed by atoms with Crippen molar-refractivity contribution in [3.63, 3.8) is 0 Å². The molecular formula is C10H22N4O3. The lowest BCUT2D eigenvalue weighted by atomic mass is 10.3. The Kier molecular flexibility index (Phi) is 6.87. The minimum Gasteiger partial charge on any atom is -0.383 e. The standard InChI is InChI=1S/C10H22N4O3/c1-8(6-15-2)13-10(14-11)12-5-9-7-16-3-4-17-9/h8-9H,3-7,11H2,1-2H3,(H2,12,13,14). The van der Waals surface area contributed by atoms with Gasteiger partial charge in [-0.25, -0.2) is 10.8 Å². The maximum Gasteiger partial charge on any atom is 0.206 e. The van der Waals surface area contributed by atoms with Crippen LogP contribution in [0.1, 0.15) is 6.92 Å². The summed E-state index contributed by atoms with van der Waals surface area (Å²) in [5.74, 6) is 5.91. The molecule has 1 heterocycles. The van der Waals surface area contributed by atoms with E-state index in [-0.39, 0.29) is 12.1 Å². The van der Waals surface area contributed by atoms with Crippen molar-refractivity contribution in [3.05, 3.63) is 0 Å². The molecule has 1 fully saturated rings. The third kappa shape index (κ3) is 5.83. The highest BCUT2D eigenvalue weighted by molar-refractivity contribution is 5.79. The lowest BCUT2D eigenvalue weighted by Gasteiger charge is -2.22. The number of hydrazine groups is 1. The average molecular weight is 246 g/mol. The fourth-order valence-corrected chi connectivity index (χ4v) is 1.49. The number of nitrogens with one attached hydrogen (secondary N) is 2. The Balaban J connectivity index is 2.31. The Bertz CT molecular complexity index is 232. The molecule has 1 rings (SSSR count). The van der Waals surface area contributed by atoms with Gasteiger partial charge >= 0.3 is 0 Å². The second-order valence-corrected chi connectivity index (χ2v) is 3.90. The van der Waals surface area contributed by atoms with Crippen LogP contribution in [0.2, 0.25) is 0 Å². The zero-order valence-corrected chi connectivity index (χ0v) is 10.4. The molecule has 0 bridgehead atoms. The third-order valence-corrected chi connectivity index (χ3v) is 2.27. The van der Waals surface area contributed by atoms with E-state index in [0.29, 0.717) is 38.9 Å². The van der Waals surface area contributed by atoms with Crippen molar-refractivity contribution in [2.24, 2.45) is 10.8 Å². The molecule has 2 atom stereocenters. The first kappa shape index (κ1) is 14.2. The molecule has 0 aromatic heterocycles. The molecule has 1 saturated heterocycles. The smallest absolute Gasteiger partial charge is 0.206 e. The summed E-state index contributed by atoms with van der Waals surface area (Å²) in [4.78, 5) is 4.30. The number of aliphatic imine (C=N–C) groups is 1. The maximum absolute atomic E-state index is 5.47. The molecule has 7 nitrogen and oxygen atoms in total. The van der Waals surface area contributed by atoms with Crippen molar-refractivity contribution < 1.29 is 14.2 Å². The van der Waals surface area contributed by atoms with Crippen molar-refractivity contribution in [1.29, 1.82) is 0 Å². The van der Waals surface area contributed by atoms with E-state index in [1.54, 1.807) is 7.11 Å². The van der Waals surface area contributed by atoms with Crippen LogP contribution in [0.5, 0.6) is 0 Å². The lowest BCUT2D eigenvalue weighted by Crippen LogP contribution is -2.47. The predicted octanol–water partition coefficient (Wildman–Crippen LogP) is -1.15. The number of nitrogens with two attached hydrogens (primary N) is 1. The van der Waals surface area contributed by atoms with Gasteiger partial charge in [0.2, 0.25) is 5.96 Å². The monoisotopic (exact) mass is 246 g/mol. The number of ether oxygens (including phenoxy) is 3. The van der Waals surface area contributed by atoms with Crippen LogP contribution in [0.4, 0.5) is 0 Å². The van der Waals surface area contributed by atoms with Crippen LogP contribution in [0, 0.1) is 0 Å². The van der Waals surface area contributed by atoms with Gasteiger partial charge in [0.05, 0.1) is 33.0 Å². The summed E-state index contributed by atoms with van der Waals surface area (Å²) in [6, 6.07) is 0.137. The molecule has 0 radical (unpaired) electrons. The average Bonchev–Trinajstić information content (AvgIpc) is 2.36. The quantitative estimate of drug-likeness (QED) is 0.245. The van der Waals surface area contributed by atoms with Crippen molar-refractivity contribution in [1.82, 2.24) is 10.7 Å². The molecule has 17 heavy (non-hydrogen) atoms. The number of rotatable bonds is 5. The van der Waals surface area contributed by atoms with E-state index in [1.165, 1.54) is 0 Å². The van der Waals surface area contributed by atoms with Gasteiger partial charge in [0.1, 0.15) is 6.10 Å².